The van der Waals surface area contributed by atoms with E-state index < -0.39 is 0 Å². The number of nitrogens with one attached hydrogen (secondary N) is 1. The van der Waals surface area contributed by atoms with Crippen LogP contribution in [0.5, 0.6) is 0 Å². The lowest BCUT2D eigenvalue weighted by molar-refractivity contribution is 0.214. The summed E-state index contributed by atoms with van der Waals surface area (Å²) in [5.74, 6) is 1.49. The predicted molar refractivity (Wildman–Crippen MR) is 107 cm³/mol. The fourth-order valence-electron chi connectivity index (χ4n) is 3.02. The Kier molecular flexibility index (Phi) is 5.69. The van der Waals surface area contributed by atoms with E-state index in [4.69, 9.17) is 0 Å². The number of thioether (sulfide) groups is 1. The molecule has 1 aliphatic rings. The number of carbonyl (C=O) groups excluding carboxylic acids is 1. The van der Waals surface area contributed by atoms with Gasteiger partial charge in [0.25, 0.3) is 0 Å². The van der Waals surface area contributed by atoms with Gasteiger partial charge in [0.15, 0.2) is 0 Å². The average molecular weight is 355 g/mol. The van der Waals surface area contributed by atoms with E-state index in [1.807, 2.05) is 28.8 Å². The molecule has 1 heterocycles. The summed E-state index contributed by atoms with van der Waals surface area (Å²) >= 11 is 1.83. The van der Waals surface area contributed by atoms with Crippen molar-refractivity contribution in [3.05, 3.63) is 65.2 Å². The van der Waals surface area contributed by atoms with Crippen molar-refractivity contribution < 1.29 is 4.79 Å². The van der Waals surface area contributed by atoms with E-state index in [-0.39, 0.29) is 11.4 Å². The van der Waals surface area contributed by atoms with Gasteiger partial charge in [-0.1, -0.05) is 57.2 Å². The zero-order valence-corrected chi connectivity index (χ0v) is 16.0. The Balaban J connectivity index is 1.70. The summed E-state index contributed by atoms with van der Waals surface area (Å²) in [6, 6.07) is 16.7. The Morgan fingerprint density at radius 1 is 1.16 bits per heavy atom. The minimum absolute atomic E-state index is 0.0211. The summed E-state index contributed by atoms with van der Waals surface area (Å²) in [5, 5.41) is 3.13. The Morgan fingerprint density at radius 3 is 2.44 bits per heavy atom. The number of nitrogens with zero attached hydrogens (tertiary/aromatic N) is 1. The van der Waals surface area contributed by atoms with Crippen LogP contribution < -0.4 is 5.32 Å². The molecule has 3 nitrogen and oxygen atoms in total. The lowest BCUT2D eigenvalue weighted by atomic mass is 10.0. The molecular formula is C21H26N2OS. The van der Waals surface area contributed by atoms with Gasteiger partial charge in [-0.05, 0) is 41.2 Å². The quantitative estimate of drug-likeness (QED) is 0.769. The Hall–Kier alpha value is -1.94. The third-order valence-corrected chi connectivity index (χ3v) is 5.91. The highest BCUT2D eigenvalue weighted by atomic mass is 32.2. The number of hydrogen-bond donors (Lipinski definition) is 1. The number of aryl methyl sites for hydroxylation is 1. The smallest absolute Gasteiger partial charge is 0.308 e. The van der Waals surface area contributed by atoms with E-state index in [9.17, 15) is 4.79 Å². The normalized spacial score (nSPS) is 17.1. The maximum absolute atomic E-state index is 12.7. The van der Waals surface area contributed by atoms with Gasteiger partial charge in [0.1, 0.15) is 5.37 Å². The second kappa shape index (κ2) is 7.96. The second-order valence-electron chi connectivity index (χ2n) is 6.72. The second-order valence-corrected chi connectivity index (χ2v) is 7.91. The standard InChI is InChI=1S/C21H26N2OS/c1-4-16-5-11-19(12-6-16)22-21(24)23-13-14-25-20(23)18-9-7-17(8-10-18)15(2)3/h5-12,15,20H,4,13-14H2,1-3H3,(H,22,24)/t20-/m1/s1. The molecule has 4 heteroatoms. The zero-order valence-electron chi connectivity index (χ0n) is 15.2. The Morgan fingerprint density at radius 2 is 1.84 bits per heavy atom. The Labute approximate surface area is 154 Å². The van der Waals surface area contributed by atoms with Crippen LogP contribution in [0.2, 0.25) is 0 Å². The number of benzene rings is 2. The van der Waals surface area contributed by atoms with E-state index in [2.05, 4.69) is 62.5 Å². The molecule has 3 rings (SSSR count). The monoisotopic (exact) mass is 354 g/mol. The number of anilines is 1. The molecule has 1 N–H and O–H groups in total. The molecule has 0 aromatic heterocycles. The molecule has 0 radical (unpaired) electrons. The number of hydrogen-bond acceptors (Lipinski definition) is 2. The number of rotatable bonds is 4. The van der Waals surface area contributed by atoms with Gasteiger partial charge in [-0.3, -0.25) is 0 Å². The van der Waals surface area contributed by atoms with E-state index in [1.165, 1.54) is 16.7 Å². The van der Waals surface area contributed by atoms with Gasteiger partial charge < -0.3 is 10.2 Å². The zero-order chi connectivity index (χ0) is 17.8. The van der Waals surface area contributed by atoms with Gasteiger partial charge >= 0.3 is 6.03 Å². The lowest BCUT2D eigenvalue weighted by Gasteiger charge is -2.25. The molecule has 0 saturated carbocycles. The van der Waals surface area contributed by atoms with Crippen molar-refractivity contribution in [2.24, 2.45) is 0 Å². The molecule has 2 aromatic carbocycles. The third-order valence-electron chi connectivity index (χ3n) is 4.65. The number of amides is 2. The summed E-state index contributed by atoms with van der Waals surface area (Å²) in [4.78, 5) is 14.7. The maximum Gasteiger partial charge on any atom is 0.323 e. The molecule has 1 fully saturated rings. The fraction of sp³-hybridized carbons (Fsp3) is 0.381. The molecule has 0 bridgehead atoms. The molecule has 1 saturated heterocycles. The summed E-state index contributed by atoms with van der Waals surface area (Å²) in [5.41, 5.74) is 4.66. The van der Waals surface area contributed by atoms with Crippen LogP contribution in [0.1, 0.15) is 48.8 Å². The predicted octanol–water partition coefficient (Wildman–Crippen LogP) is 5.65. The van der Waals surface area contributed by atoms with Crippen molar-refractivity contribution in [1.82, 2.24) is 4.90 Å². The van der Waals surface area contributed by atoms with Crippen molar-refractivity contribution in [1.29, 1.82) is 0 Å². The largest absolute Gasteiger partial charge is 0.323 e. The first-order valence-corrected chi connectivity index (χ1v) is 10.0. The van der Waals surface area contributed by atoms with Crippen molar-refractivity contribution in [3.63, 3.8) is 0 Å². The van der Waals surface area contributed by atoms with Gasteiger partial charge in [-0.2, -0.15) is 0 Å². The molecule has 1 atom stereocenters. The van der Waals surface area contributed by atoms with Crippen LogP contribution >= 0.6 is 11.8 Å². The molecule has 1 aliphatic heterocycles. The van der Waals surface area contributed by atoms with Crippen molar-refractivity contribution >= 4 is 23.5 Å². The summed E-state index contributed by atoms with van der Waals surface area (Å²) in [6.07, 6.45) is 1.01. The lowest BCUT2D eigenvalue weighted by Crippen LogP contribution is -2.34. The molecule has 2 aromatic rings. The van der Waals surface area contributed by atoms with Gasteiger partial charge in [-0.15, -0.1) is 11.8 Å². The molecule has 132 valence electrons. The van der Waals surface area contributed by atoms with Crippen LogP contribution in [0.3, 0.4) is 0 Å². The number of carbonyl (C=O) groups is 1. The minimum atomic E-state index is -0.0211. The molecule has 0 spiro atoms. The molecule has 2 amide bonds. The van der Waals surface area contributed by atoms with Crippen molar-refractivity contribution in [2.75, 3.05) is 17.6 Å². The average Bonchev–Trinajstić information content (AvgIpc) is 3.12. The van der Waals surface area contributed by atoms with Crippen LogP contribution in [0.15, 0.2) is 48.5 Å². The van der Waals surface area contributed by atoms with Crippen molar-refractivity contribution in [3.8, 4) is 0 Å². The first-order chi connectivity index (χ1) is 12.1. The molecule has 25 heavy (non-hydrogen) atoms. The highest BCUT2D eigenvalue weighted by Crippen LogP contribution is 2.38. The van der Waals surface area contributed by atoms with E-state index in [0.29, 0.717) is 5.92 Å². The minimum Gasteiger partial charge on any atom is -0.308 e. The Bertz CT molecular complexity index is 710. The van der Waals surface area contributed by atoms with E-state index >= 15 is 0 Å². The van der Waals surface area contributed by atoms with Crippen molar-refractivity contribution in [2.45, 2.75) is 38.5 Å². The summed E-state index contributed by atoms with van der Waals surface area (Å²) in [7, 11) is 0. The van der Waals surface area contributed by atoms with Gasteiger partial charge in [0.2, 0.25) is 0 Å². The summed E-state index contributed by atoms with van der Waals surface area (Å²) in [6.45, 7) is 7.30. The van der Waals surface area contributed by atoms with E-state index in [0.717, 1.165) is 24.4 Å². The van der Waals surface area contributed by atoms with Gasteiger partial charge in [0.05, 0.1) is 0 Å². The molecule has 0 unspecified atom stereocenters. The first-order valence-electron chi connectivity index (χ1n) is 8.96. The highest BCUT2D eigenvalue weighted by Gasteiger charge is 2.30. The maximum atomic E-state index is 12.7. The third kappa shape index (κ3) is 4.18. The van der Waals surface area contributed by atoms with Crippen LogP contribution in [0.4, 0.5) is 10.5 Å². The molecular weight excluding hydrogens is 328 g/mol. The van der Waals surface area contributed by atoms with Crippen LogP contribution in [0, 0.1) is 0 Å². The first kappa shape index (κ1) is 17.9. The summed E-state index contributed by atoms with van der Waals surface area (Å²) < 4.78 is 0. The topological polar surface area (TPSA) is 32.3 Å². The van der Waals surface area contributed by atoms with Crippen LogP contribution in [-0.2, 0) is 6.42 Å². The van der Waals surface area contributed by atoms with Gasteiger partial charge in [-0.25, -0.2) is 4.79 Å². The van der Waals surface area contributed by atoms with E-state index in [1.54, 1.807) is 0 Å². The molecule has 0 aliphatic carbocycles. The highest BCUT2D eigenvalue weighted by molar-refractivity contribution is 7.99. The fourth-order valence-corrected chi connectivity index (χ4v) is 4.27. The van der Waals surface area contributed by atoms with Crippen LogP contribution in [0.25, 0.3) is 0 Å². The SMILES string of the molecule is CCc1ccc(NC(=O)N2CCS[C@@H]2c2ccc(C(C)C)cc2)cc1. The van der Waals surface area contributed by atoms with Crippen LogP contribution in [-0.4, -0.2) is 23.2 Å². The number of urea groups is 1. The van der Waals surface area contributed by atoms with Gasteiger partial charge in [0, 0.05) is 18.0 Å².